The number of carbonyl (C=O) groups is 6. The predicted molar refractivity (Wildman–Crippen MR) is 215 cm³/mol. The van der Waals surface area contributed by atoms with Crippen LogP contribution in [0.4, 0.5) is 5.69 Å². The molecule has 0 bridgehead atoms. The first-order valence-corrected chi connectivity index (χ1v) is 20.9. The smallest absolute Gasteiger partial charge is 0.262 e. The Hall–Kier alpha value is -5.78. The highest BCUT2D eigenvalue weighted by Gasteiger charge is 2.45. The molecule has 0 aromatic heterocycles. The van der Waals surface area contributed by atoms with Crippen LogP contribution >= 0.6 is 11.6 Å². The van der Waals surface area contributed by atoms with Gasteiger partial charge < -0.3 is 19.4 Å². The van der Waals surface area contributed by atoms with Crippen LogP contribution in [0.25, 0.3) is 0 Å². The Kier molecular flexibility index (Phi) is 10.3. The molecule has 5 aliphatic heterocycles. The van der Waals surface area contributed by atoms with Crippen LogP contribution in [0.3, 0.4) is 0 Å². The molecule has 6 aliphatic rings. The first-order chi connectivity index (χ1) is 28.6. The average molecular weight is 818 g/mol. The van der Waals surface area contributed by atoms with Crippen LogP contribution in [0.2, 0.25) is 5.02 Å². The summed E-state index contributed by atoms with van der Waals surface area (Å²) < 4.78 is 6.16. The lowest BCUT2D eigenvalue weighted by atomic mass is 9.92. The largest absolute Gasteiger partial charge is 0.490 e. The topological polar surface area (TPSA) is 164 Å². The second-order valence-corrected chi connectivity index (χ2v) is 16.7. The summed E-state index contributed by atoms with van der Waals surface area (Å²) in [7, 11) is 0. The molecular weight excluding hydrogens is 774 g/mol. The van der Waals surface area contributed by atoms with Crippen molar-refractivity contribution in [1.29, 1.82) is 5.26 Å². The van der Waals surface area contributed by atoms with Gasteiger partial charge in [-0.25, -0.2) is 0 Å². The SMILES string of the molecule is N#Cc1ccc(O[C@H]2CC[C@H](N3Cc4cc(C(=O)N5CCN(C6CCN(c7ccc8c(c7)C(=O)N(C7CCC(=O)NC7=O)C8=O)CC6)CC5)ccc4C3=O)CC2)cc1Cl. The number of carbonyl (C=O) groups excluding carboxylic acids is 6. The third-order valence-electron chi connectivity index (χ3n) is 13.0. The van der Waals surface area contributed by atoms with E-state index < -0.39 is 29.7 Å². The molecule has 1 atom stereocenters. The minimum atomic E-state index is -0.993. The maximum absolute atomic E-state index is 13.7. The number of halogens is 1. The zero-order valence-corrected chi connectivity index (χ0v) is 33.3. The zero-order chi connectivity index (χ0) is 40.9. The van der Waals surface area contributed by atoms with Crippen LogP contribution in [0.1, 0.15) is 104 Å². The molecule has 3 aromatic rings. The highest BCUT2D eigenvalue weighted by molar-refractivity contribution is 6.31. The predicted octanol–water partition coefficient (Wildman–Crippen LogP) is 4.39. The molecule has 59 heavy (non-hydrogen) atoms. The summed E-state index contributed by atoms with van der Waals surface area (Å²) in [5.74, 6) is -1.41. The highest BCUT2D eigenvalue weighted by Crippen LogP contribution is 2.35. The lowest BCUT2D eigenvalue weighted by Gasteiger charge is -2.43. The van der Waals surface area contributed by atoms with Crippen molar-refractivity contribution in [2.24, 2.45) is 0 Å². The molecule has 304 valence electrons. The van der Waals surface area contributed by atoms with Gasteiger partial charge in [-0.15, -0.1) is 0 Å². The van der Waals surface area contributed by atoms with Crippen LogP contribution in [0.15, 0.2) is 54.6 Å². The summed E-state index contributed by atoms with van der Waals surface area (Å²) in [6, 6.07) is 17.4. The summed E-state index contributed by atoms with van der Waals surface area (Å²) >= 11 is 6.19. The van der Waals surface area contributed by atoms with E-state index in [1.165, 1.54) is 0 Å². The molecule has 1 N–H and O–H groups in total. The van der Waals surface area contributed by atoms with Gasteiger partial charge in [-0.05, 0) is 99.0 Å². The molecule has 15 heteroatoms. The molecule has 1 unspecified atom stereocenters. The molecule has 5 heterocycles. The molecule has 0 spiro atoms. The van der Waals surface area contributed by atoms with Crippen molar-refractivity contribution in [2.45, 2.75) is 82.1 Å². The van der Waals surface area contributed by atoms with Gasteiger partial charge in [0.25, 0.3) is 23.6 Å². The third-order valence-corrected chi connectivity index (χ3v) is 13.3. The van der Waals surface area contributed by atoms with E-state index in [0.717, 1.165) is 80.9 Å². The Bertz CT molecular complexity index is 2300. The van der Waals surface area contributed by atoms with Gasteiger partial charge in [-0.1, -0.05) is 11.6 Å². The Morgan fingerprint density at radius 3 is 2.19 bits per heavy atom. The fourth-order valence-corrected chi connectivity index (χ4v) is 9.93. The molecule has 1 aliphatic carbocycles. The van der Waals surface area contributed by atoms with Gasteiger partial charge in [0.15, 0.2) is 0 Å². The highest BCUT2D eigenvalue weighted by atomic mass is 35.5. The molecule has 3 saturated heterocycles. The fourth-order valence-electron chi connectivity index (χ4n) is 9.72. The number of piperidine rings is 2. The number of nitrogens with zero attached hydrogens (tertiary/aromatic N) is 6. The maximum Gasteiger partial charge on any atom is 0.262 e. The van der Waals surface area contributed by atoms with E-state index in [4.69, 9.17) is 21.6 Å². The van der Waals surface area contributed by atoms with E-state index in [0.29, 0.717) is 53.1 Å². The summed E-state index contributed by atoms with van der Waals surface area (Å²) in [5, 5.41) is 11.7. The van der Waals surface area contributed by atoms with Gasteiger partial charge in [0, 0.05) is 87.2 Å². The number of rotatable bonds is 7. The quantitative estimate of drug-likeness (QED) is 0.339. The summed E-state index contributed by atoms with van der Waals surface area (Å²) in [5.41, 5.74) is 3.98. The van der Waals surface area contributed by atoms with E-state index in [-0.39, 0.29) is 47.9 Å². The molecular formula is C44H44ClN7O7. The van der Waals surface area contributed by atoms with Crippen molar-refractivity contribution in [1.82, 2.24) is 24.9 Å². The van der Waals surface area contributed by atoms with Crippen molar-refractivity contribution >= 4 is 52.7 Å². The normalized spacial score (nSPS) is 23.9. The van der Waals surface area contributed by atoms with E-state index in [9.17, 15) is 28.8 Å². The van der Waals surface area contributed by atoms with Crippen LogP contribution < -0.4 is 15.0 Å². The maximum atomic E-state index is 13.7. The van der Waals surface area contributed by atoms with E-state index in [1.807, 2.05) is 28.0 Å². The second-order valence-electron chi connectivity index (χ2n) is 16.3. The van der Waals surface area contributed by atoms with E-state index in [2.05, 4.69) is 21.2 Å². The standard InChI is InChI=1S/C44H44ClN7O7/c45-37-23-33(6-1-27(37)24-46)59-32-7-3-30(4-8-32)51-25-28-21-26(2-9-34(28)42(51)56)41(55)50-19-17-49(18-20-50)29-13-15-48(16-14-29)31-5-10-35-36(22-31)44(58)52(43(35)57)38-11-12-39(53)47-40(38)54/h1-2,5-6,9-10,21-23,29-30,32,38H,3-4,7-8,11-20,25H2,(H,47,53,54)/t30-,32-,38?. The first-order valence-electron chi connectivity index (χ1n) is 20.5. The number of fused-ring (bicyclic) bond motifs is 2. The second kappa shape index (κ2) is 15.8. The summed E-state index contributed by atoms with van der Waals surface area (Å²) in [6.07, 6.45) is 5.25. The van der Waals surface area contributed by atoms with Crippen molar-refractivity contribution < 1.29 is 33.5 Å². The Labute approximate surface area is 346 Å². The Balaban J connectivity index is 0.745. The number of nitriles is 1. The summed E-state index contributed by atoms with van der Waals surface area (Å²) in [4.78, 5) is 87.4. The van der Waals surface area contributed by atoms with Crippen molar-refractivity contribution in [2.75, 3.05) is 44.2 Å². The Morgan fingerprint density at radius 1 is 0.746 bits per heavy atom. The number of nitrogens with one attached hydrogen (secondary N) is 1. The number of ether oxygens (including phenoxy) is 1. The molecule has 4 fully saturated rings. The lowest BCUT2D eigenvalue weighted by Crippen LogP contribution is -2.54. The lowest BCUT2D eigenvalue weighted by molar-refractivity contribution is -0.136. The molecule has 9 rings (SSSR count). The molecule has 6 amide bonds. The molecule has 1 saturated carbocycles. The number of anilines is 1. The van der Waals surface area contributed by atoms with Crippen LogP contribution in [0.5, 0.6) is 5.75 Å². The van der Waals surface area contributed by atoms with Gasteiger partial charge in [0.2, 0.25) is 11.8 Å². The van der Waals surface area contributed by atoms with Crippen LogP contribution in [-0.2, 0) is 16.1 Å². The zero-order valence-electron chi connectivity index (χ0n) is 32.5. The van der Waals surface area contributed by atoms with Crippen LogP contribution in [0, 0.1) is 11.3 Å². The van der Waals surface area contributed by atoms with Gasteiger partial charge in [-0.3, -0.25) is 43.9 Å². The van der Waals surface area contributed by atoms with E-state index >= 15 is 0 Å². The van der Waals surface area contributed by atoms with E-state index in [1.54, 1.807) is 36.4 Å². The van der Waals surface area contributed by atoms with Crippen molar-refractivity contribution in [3.05, 3.63) is 93.0 Å². The average Bonchev–Trinajstić information content (AvgIpc) is 3.71. The van der Waals surface area contributed by atoms with Gasteiger partial charge in [0.05, 0.1) is 27.8 Å². The number of piperazine rings is 1. The van der Waals surface area contributed by atoms with Gasteiger partial charge >= 0.3 is 0 Å². The first kappa shape index (κ1) is 38.7. The van der Waals surface area contributed by atoms with Gasteiger partial charge in [0.1, 0.15) is 17.9 Å². The summed E-state index contributed by atoms with van der Waals surface area (Å²) in [6.45, 7) is 4.81. The fraction of sp³-hybridized carbons (Fsp3) is 0.432. The number of amides is 6. The molecule has 14 nitrogen and oxygen atoms in total. The number of imide groups is 2. The van der Waals surface area contributed by atoms with Gasteiger partial charge in [-0.2, -0.15) is 5.26 Å². The monoisotopic (exact) mass is 817 g/mol. The third kappa shape index (κ3) is 7.31. The minimum Gasteiger partial charge on any atom is -0.490 e. The number of hydrogen-bond donors (Lipinski definition) is 1. The van der Waals surface area contributed by atoms with Crippen molar-refractivity contribution in [3.8, 4) is 11.8 Å². The number of benzene rings is 3. The van der Waals surface area contributed by atoms with Crippen LogP contribution in [-0.4, -0.2) is 119 Å². The number of hydrogen-bond acceptors (Lipinski definition) is 10. The molecule has 3 aromatic carbocycles. The minimum absolute atomic E-state index is 0.00773. The Morgan fingerprint density at radius 2 is 1.47 bits per heavy atom. The molecule has 0 radical (unpaired) electrons. The van der Waals surface area contributed by atoms with Crippen molar-refractivity contribution in [3.63, 3.8) is 0 Å².